The largest absolute Gasteiger partial charge is 0.445 e. The van der Waals surface area contributed by atoms with Crippen LogP contribution in [0.4, 0.5) is 4.79 Å². The fourth-order valence-corrected chi connectivity index (χ4v) is 7.55. The highest BCUT2D eigenvalue weighted by Crippen LogP contribution is 2.49. The standard InChI is InChI=1S/C35H39N6O7P/c36-33(42)31(18-28-20-37-23-38-28)39-34(43)27(17-29-19-30(41-48-29)26-14-8-3-9-15-26)22-49(45,46)32(16-24-10-4-1-5-11-24)40-35(44)47-21-25-12-6-2-7-13-25/h1-15,20,23,27,29,31-32H,16-19,21-22H2,(H2,36,42)(H,37,38)(H,39,43)(H,40,44)(H,45,46)/t27?,29?,31-,32+/m0/s1. The summed E-state index contributed by atoms with van der Waals surface area (Å²) in [4.78, 5) is 63.4. The van der Waals surface area contributed by atoms with E-state index in [4.69, 9.17) is 15.3 Å². The zero-order chi connectivity index (χ0) is 34.6. The van der Waals surface area contributed by atoms with Crippen molar-refractivity contribution in [3.63, 3.8) is 0 Å². The fourth-order valence-electron chi connectivity index (χ4n) is 5.54. The zero-order valence-corrected chi connectivity index (χ0v) is 27.6. The predicted molar refractivity (Wildman–Crippen MR) is 182 cm³/mol. The van der Waals surface area contributed by atoms with Crippen LogP contribution in [0.2, 0.25) is 0 Å². The average molecular weight is 687 g/mol. The summed E-state index contributed by atoms with van der Waals surface area (Å²) in [5.41, 5.74) is 9.17. The summed E-state index contributed by atoms with van der Waals surface area (Å²) in [6, 6.07) is 26.2. The maximum Gasteiger partial charge on any atom is 0.408 e. The molecule has 5 atom stereocenters. The normalized spacial score (nSPS) is 17.0. The van der Waals surface area contributed by atoms with E-state index >= 15 is 0 Å². The van der Waals surface area contributed by atoms with Crippen LogP contribution in [0.3, 0.4) is 0 Å². The van der Waals surface area contributed by atoms with Gasteiger partial charge in [0.25, 0.3) is 0 Å². The number of nitrogens with zero attached hydrogens (tertiary/aromatic N) is 2. The Hall–Kier alpha value is -5.26. The van der Waals surface area contributed by atoms with E-state index in [9.17, 15) is 23.8 Å². The van der Waals surface area contributed by atoms with Gasteiger partial charge in [-0.2, -0.15) is 0 Å². The summed E-state index contributed by atoms with van der Waals surface area (Å²) in [7, 11) is -4.38. The number of nitrogens with one attached hydrogen (secondary N) is 3. The lowest BCUT2D eigenvalue weighted by Crippen LogP contribution is -2.49. The van der Waals surface area contributed by atoms with Crippen molar-refractivity contribution >= 4 is 31.0 Å². The number of nitrogens with two attached hydrogens (primary N) is 1. The number of aromatic nitrogens is 2. The molecule has 13 nitrogen and oxygen atoms in total. The van der Waals surface area contributed by atoms with Gasteiger partial charge in [-0.05, 0) is 23.1 Å². The number of hydrogen-bond acceptors (Lipinski definition) is 8. The lowest BCUT2D eigenvalue weighted by molar-refractivity contribution is -0.130. The average Bonchev–Trinajstić information content (AvgIpc) is 3.80. The Labute approximate surface area is 283 Å². The molecular formula is C35H39N6O7P. The minimum atomic E-state index is -4.38. The van der Waals surface area contributed by atoms with Crippen LogP contribution in [-0.4, -0.2) is 62.6 Å². The molecule has 0 saturated heterocycles. The molecule has 1 aromatic heterocycles. The summed E-state index contributed by atoms with van der Waals surface area (Å²) >= 11 is 0. The van der Waals surface area contributed by atoms with Gasteiger partial charge in [0.2, 0.25) is 19.2 Å². The minimum Gasteiger partial charge on any atom is -0.445 e. The number of aromatic amines is 1. The Morgan fingerprint density at radius 1 is 0.959 bits per heavy atom. The van der Waals surface area contributed by atoms with Gasteiger partial charge in [0.15, 0.2) is 0 Å². The Kier molecular flexibility index (Phi) is 12.0. The van der Waals surface area contributed by atoms with E-state index in [1.54, 1.807) is 36.4 Å². The number of amides is 3. The van der Waals surface area contributed by atoms with Crippen molar-refractivity contribution < 1.29 is 33.4 Å². The van der Waals surface area contributed by atoms with Crippen LogP contribution in [-0.2, 0) is 43.2 Å². The van der Waals surface area contributed by atoms with Gasteiger partial charge in [0.1, 0.15) is 24.5 Å². The van der Waals surface area contributed by atoms with Gasteiger partial charge in [0.05, 0.1) is 18.0 Å². The molecule has 14 heteroatoms. The summed E-state index contributed by atoms with van der Waals surface area (Å²) in [6.07, 6.45) is 1.32. The molecule has 0 aliphatic carbocycles. The predicted octanol–water partition coefficient (Wildman–Crippen LogP) is 3.89. The van der Waals surface area contributed by atoms with Crippen LogP contribution in [0.5, 0.6) is 0 Å². The van der Waals surface area contributed by atoms with Crippen molar-refractivity contribution in [2.24, 2.45) is 16.8 Å². The number of rotatable bonds is 16. The van der Waals surface area contributed by atoms with Gasteiger partial charge < -0.3 is 35.8 Å². The van der Waals surface area contributed by atoms with Gasteiger partial charge in [-0.3, -0.25) is 14.2 Å². The minimum absolute atomic E-state index is 0.00225. The van der Waals surface area contributed by atoms with Crippen molar-refractivity contribution in [3.8, 4) is 0 Å². The Morgan fingerprint density at radius 3 is 2.24 bits per heavy atom. The number of oxime groups is 1. The fraction of sp³-hybridized carbons (Fsp3) is 0.286. The molecule has 0 bridgehead atoms. The third kappa shape index (κ3) is 10.4. The molecule has 4 aromatic rings. The number of alkyl carbamates (subject to hydrolysis) is 1. The maximum atomic E-state index is 14.3. The lowest BCUT2D eigenvalue weighted by Gasteiger charge is -2.28. The third-order valence-corrected chi connectivity index (χ3v) is 10.4. The van der Waals surface area contributed by atoms with Crippen LogP contribution in [0.15, 0.2) is 109 Å². The summed E-state index contributed by atoms with van der Waals surface area (Å²) < 4.78 is 19.7. The van der Waals surface area contributed by atoms with Crippen molar-refractivity contribution in [1.29, 1.82) is 0 Å². The molecule has 6 N–H and O–H groups in total. The number of primary amides is 1. The second-order valence-electron chi connectivity index (χ2n) is 11.9. The van der Waals surface area contributed by atoms with Crippen molar-refractivity contribution in [2.75, 3.05) is 6.16 Å². The van der Waals surface area contributed by atoms with E-state index in [1.165, 1.54) is 12.5 Å². The molecule has 1 aliphatic heterocycles. The van der Waals surface area contributed by atoms with Crippen LogP contribution >= 0.6 is 7.37 Å². The van der Waals surface area contributed by atoms with Crippen LogP contribution < -0.4 is 16.4 Å². The summed E-state index contributed by atoms with van der Waals surface area (Å²) in [5, 5.41) is 9.46. The molecule has 5 rings (SSSR count). The quantitative estimate of drug-likeness (QED) is 0.109. The Balaban J connectivity index is 1.35. The number of carbonyl (C=O) groups is 3. The molecule has 0 radical (unpaired) electrons. The molecule has 3 amide bonds. The second kappa shape index (κ2) is 16.7. The number of H-pyrrole nitrogens is 1. The first-order valence-electron chi connectivity index (χ1n) is 15.8. The first-order valence-corrected chi connectivity index (χ1v) is 17.8. The Bertz CT molecular complexity index is 1760. The molecule has 3 aromatic carbocycles. The number of hydrogen-bond donors (Lipinski definition) is 5. The van der Waals surface area contributed by atoms with Gasteiger partial charge in [0, 0.05) is 37.3 Å². The van der Waals surface area contributed by atoms with Crippen LogP contribution in [0.25, 0.3) is 0 Å². The van der Waals surface area contributed by atoms with Crippen molar-refractivity contribution in [1.82, 2.24) is 20.6 Å². The van der Waals surface area contributed by atoms with Crippen molar-refractivity contribution in [2.45, 2.75) is 50.2 Å². The van der Waals surface area contributed by atoms with E-state index in [-0.39, 0.29) is 25.9 Å². The highest BCUT2D eigenvalue weighted by atomic mass is 31.2. The number of carbonyl (C=O) groups excluding carboxylic acids is 3. The summed E-state index contributed by atoms with van der Waals surface area (Å²) in [5.74, 6) is -3.88. The van der Waals surface area contributed by atoms with E-state index in [0.29, 0.717) is 23.4 Å². The molecule has 0 saturated carbocycles. The third-order valence-electron chi connectivity index (χ3n) is 8.14. The Morgan fingerprint density at radius 2 is 1.61 bits per heavy atom. The van der Waals surface area contributed by atoms with Crippen LogP contribution in [0.1, 0.15) is 35.2 Å². The van der Waals surface area contributed by atoms with Gasteiger partial charge in [-0.1, -0.05) is 96.2 Å². The van der Waals surface area contributed by atoms with Gasteiger partial charge in [-0.15, -0.1) is 0 Å². The van der Waals surface area contributed by atoms with Gasteiger partial charge >= 0.3 is 6.09 Å². The highest BCUT2D eigenvalue weighted by Gasteiger charge is 2.40. The second-order valence-corrected chi connectivity index (χ2v) is 14.4. The molecule has 0 spiro atoms. The van der Waals surface area contributed by atoms with E-state index in [0.717, 1.165) is 11.1 Å². The maximum absolute atomic E-state index is 14.3. The van der Waals surface area contributed by atoms with Gasteiger partial charge in [-0.25, -0.2) is 9.78 Å². The monoisotopic (exact) mass is 686 g/mol. The highest BCUT2D eigenvalue weighted by molar-refractivity contribution is 7.58. The number of imidazole rings is 1. The topological polar surface area (TPSA) is 198 Å². The molecular weight excluding hydrogens is 647 g/mol. The molecule has 256 valence electrons. The van der Waals surface area contributed by atoms with E-state index < -0.39 is 55.3 Å². The smallest absolute Gasteiger partial charge is 0.408 e. The van der Waals surface area contributed by atoms with E-state index in [1.807, 2.05) is 54.6 Å². The first-order chi connectivity index (χ1) is 23.7. The number of ether oxygens (including phenoxy) is 1. The lowest BCUT2D eigenvalue weighted by atomic mass is 9.96. The molecule has 3 unspecified atom stereocenters. The molecule has 2 heterocycles. The first kappa shape index (κ1) is 35.1. The van der Waals surface area contributed by atoms with E-state index in [2.05, 4.69) is 25.8 Å². The zero-order valence-electron chi connectivity index (χ0n) is 26.7. The molecule has 0 fully saturated rings. The number of benzene rings is 3. The molecule has 49 heavy (non-hydrogen) atoms. The SMILES string of the molecule is NC(=O)[C@H](Cc1cnc[nH]1)NC(=O)C(CC1CC(c2ccccc2)=NO1)CP(=O)(O)[C@H](Cc1ccccc1)NC(=O)OCc1ccccc1. The van der Waals surface area contributed by atoms with Crippen LogP contribution in [0, 0.1) is 5.92 Å². The molecule has 1 aliphatic rings. The van der Waals surface area contributed by atoms with Crippen molar-refractivity contribution in [3.05, 3.63) is 126 Å². The summed E-state index contributed by atoms with van der Waals surface area (Å²) in [6.45, 7) is -0.0426.